The molecular formula is C23H28ClN3OS. The van der Waals surface area contributed by atoms with Crippen LogP contribution in [0.1, 0.15) is 30.5 Å². The van der Waals surface area contributed by atoms with Crippen molar-refractivity contribution in [3.05, 3.63) is 58.1 Å². The molecule has 0 saturated carbocycles. The normalized spacial score (nSPS) is 11.4. The fourth-order valence-electron chi connectivity index (χ4n) is 3.29. The molecule has 2 aromatic carbocycles. The van der Waals surface area contributed by atoms with Gasteiger partial charge >= 0.3 is 0 Å². The predicted molar refractivity (Wildman–Crippen MR) is 124 cm³/mol. The highest BCUT2D eigenvalue weighted by Gasteiger charge is 2.21. The number of carbonyl (C=O) groups excluding carboxylic acids is 1. The van der Waals surface area contributed by atoms with Crippen molar-refractivity contribution < 1.29 is 4.79 Å². The lowest BCUT2D eigenvalue weighted by Crippen LogP contribution is -2.39. The molecule has 0 saturated heterocycles. The quantitative estimate of drug-likeness (QED) is 0.475. The van der Waals surface area contributed by atoms with Crippen molar-refractivity contribution in [3.63, 3.8) is 0 Å². The van der Waals surface area contributed by atoms with Gasteiger partial charge in [0.2, 0.25) is 5.91 Å². The number of fused-ring (bicyclic) bond motifs is 1. The van der Waals surface area contributed by atoms with Crippen molar-refractivity contribution in [1.29, 1.82) is 0 Å². The molecule has 0 atom stereocenters. The maximum Gasteiger partial charge on any atom is 0.233 e. The highest BCUT2D eigenvalue weighted by Crippen LogP contribution is 2.31. The molecule has 29 heavy (non-hydrogen) atoms. The second kappa shape index (κ2) is 9.70. The molecule has 0 N–H and O–H groups in total. The van der Waals surface area contributed by atoms with Crippen LogP contribution in [0.3, 0.4) is 0 Å². The van der Waals surface area contributed by atoms with Gasteiger partial charge in [-0.1, -0.05) is 55.0 Å². The topological polar surface area (TPSA) is 36.4 Å². The highest BCUT2D eigenvalue weighted by atomic mass is 35.5. The van der Waals surface area contributed by atoms with Crippen molar-refractivity contribution in [2.45, 2.75) is 34.1 Å². The molecule has 0 unspecified atom stereocenters. The van der Waals surface area contributed by atoms with Gasteiger partial charge in [-0.25, -0.2) is 4.98 Å². The molecule has 1 aromatic heterocycles. The van der Waals surface area contributed by atoms with E-state index in [2.05, 4.69) is 44.7 Å². The van der Waals surface area contributed by atoms with Crippen LogP contribution in [0.25, 0.3) is 10.2 Å². The number of hydrogen-bond acceptors (Lipinski definition) is 4. The van der Waals surface area contributed by atoms with Crippen LogP contribution in [0.15, 0.2) is 36.4 Å². The molecule has 3 rings (SSSR count). The van der Waals surface area contributed by atoms with Crippen molar-refractivity contribution in [2.75, 3.05) is 31.1 Å². The van der Waals surface area contributed by atoms with Crippen LogP contribution in [0.5, 0.6) is 0 Å². The first-order valence-electron chi connectivity index (χ1n) is 10.1. The fourth-order valence-corrected chi connectivity index (χ4v) is 4.58. The predicted octanol–water partition coefficient (Wildman–Crippen LogP) is 5.48. The zero-order valence-corrected chi connectivity index (χ0v) is 19.1. The number of anilines is 1. The number of benzene rings is 2. The maximum atomic E-state index is 13.3. The third-order valence-corrected chi connectivity index (χ3v) is 6.61. The van der Waals surface area contributed by atoms with Gasteiger partial charge in [0.1, 0.15) is 0 Å². The van der Waals surface area contributed by atoms with E-state index in [-0.39, 0.29) is 5.91 Å². The van der Waals surface area contributed by atoms with Gasteiger partial charge in [0, 0.05) is 18.1 Å². The first kappa shape index (κ1) is 21.8. The fraction of sp³-hybridized carbons (Fsp3) is 0.391. The molecule has 4 nitrogen and oxygen atoms in total. The molecule has 154 valence electrons. The molecule has 1 heterocycles. The number of hydrogen-bond donors (Lipinski definition) is 0. The number of amides is 1. The molecule has 1 amide bonds. The van der Waals surface area contributed by atoms with Gasteiger partial charge < -0.3 is 4.90 Å². The lowest BCUT2D eigenvalue weighted by Gasteiger charge is -2.25. The van der Waals surface area contributed by atoms with E-state index in [4.69, 9.17) is 16.6 Å². The van der Waals surface area contributed by atoms with Crippen LogP contribution in [0.4, 0.5) is 5.13 Å². The number of halogens is 1. The van der Waals surface area contributed by atoms with Crippen LogP contribution in [-0.4, -0.2) is 42.0 Å². The lowest BCUT2D eigenvalue weighted by molar-refractivity contribution is -0.118. The average Bonchev–Trinajstić information content (AvgIpc) is 3.10. The van der Waals surface area contributed by atoms with Gasteiger partial charge in [-0.2, -0.15) is 0 Å². The van der Waals surface area contributed by atoms with Crippen molar-refractivity contribution in [2.24, 2.45) is 0 Å². The van der Waals surface area contributed by atoms with Crippen molar-refractivity contribution in [1.82, 2.24) is 9.88 Å². The SMILES string of the molecule is CCN(CC)CCN(C(=O)Cc1ccc(C)c(C)c1)c1nc2ccc(Cl)cc2s1. The average molecular weight is 430 g/mol. The Labute approximate surface area is 182 Å². The van der Waals surface area contributed by atoms with E-state index in [0.29, 0.717) is 18.0 Å². The summed E-state index contributed by atoms with van der Waals surface area (Å²) in [4.78, 5) is 22.2. The standard InChI is InChI=1S/C23H28ClN3OS/c1-5-26(6-2)11-12-27(22(28)14-18-8-7-16(3)17(4)13-18)23-25-20-10-9-19(24)15-21(20)29-23/h7-10,13,15H,5-6,11-12,14H2,1-4H3. The number of aryl methyl sites for hydroxylation is 2. The van der Waals surface area contributed by atoms with Gasteiger partial charge in [-0.15, -0.1) is 0 Å². The van der Waals surface area contributed by atoms with Crippen molar-refractivity contribution >= 4 is 44.2 Å². The zero-order valence-electron chi connectivity index (χ0n) is 17.5. The molecule has 0 radical (unpaired) electrons. The van der Waals surface area contributed by atoms with Crippen molar-refractivity contribution in [3.8, 4) is 0 Å². The van der Waals surface area contributed by atoms with E-state index in [1.807, 2.05) is 29.2 Å². The third-order valence-electron chi connectivity index (χ3n) is 5.33. The minimum atomic E-state index is 0.0746. The Morgan fingerprint density at radius 3 is 2.48 bits per heavy atom. The minimum absolute atomic E-state index is 0.0746. The largest absolute Gasteiger partial charge is 0.302 e. The monoisotopic (exact) mass is 429 g/mol. The molecule has 6 heteroatoms. The maximum absolute atomic E-state index is 13.3. The first-order valence-corrected chi connectivity index (χ1v) is 11.3. The summed E-state index contributed by atoms with van der Waals surface area (Å²) >= 11 is 7.66. The summed E-state index contributed by atoms with van der Waals surface area (Å²) in [5.41, 5.74) is 4.36. The summed E-state index contributed by atoms with van der Waals surface area (Å²) in [5.74, 6) is 0.0746. The number of carbonyl (C=O) groups is 1. The molecule has 3 aromatic rings. The number of likely N-dealkylation sites (N-methyl/N-ethyl adjacent to an activating group) is 1. The summed E-state index contributed by atoms with van der Waals surface area (Å²) in [6.45, 7) is 11.8. The Morgan fingerprint density at radius 1 is 1.03 bits per heavy atom. The molecule has 0 aliphatic rings. The second-order valence-corrected chi connectivity index (χ2v) is 8.72. The number of thiazole rings is 1. The molecule has 0 aliphatic carbocycles. The highest BCUT2D eigenvalue weighted by molar-refractivity contribution is 7.22. The summed E-state index contributed by atoms with van der Waals surface area (Å²) < 4.78 is 0.999. The summed E-state index contributed by atoms with van der Waals surface area (Å²) in [6.07, 6.45) is 0.371. The number of nitrogens with zero attached hydrogens (tertiary/aromatic N) is 3. The second-order valence-electron chi connectivity index (χ2n) is 7.28. The van der Waals surface area contributed by atoms with E-state index in [9.17, 15) is 4.79 Å². The molecule has 0 aliphatic heterocycles. The van der Waals surface area contributed by atoms with Gasteiger partial charge in [0.15, 0.2) is 5.13 Å². The van der Waals surface area contributed by atoms with Crippen LogP contribution in [0.2, 0.25) is 5.02 Å². The summed E-state index contributed by atoms with van der Waals surface area (Å²) in [7, 11) is 0. The minimum Gasteiger partial charge on any atom is -0.302 e. The molecule has 0 bridgehead atoms. The number of aromatic nitrogens is 1. The smallest absolute Gasteiger partial charge is 0.233 e. The summed E-state index contributed by atoms with van der Waals surface area (Å²) in [6, 6.07) is 11.9. The van der Waals surface area contributed by atoms with Crippen LogP contribution in [-0.2, 0) is 11.2 Å². The van der Waals surface area contributed by atoms with Crippen LogP contribution in [0, 0.1) is 13.8 Å². The van der Waals surface area contributed by atoms with E-state index >= 15 is 0 Å². The van der Waals surface area contributed by atoms with E-state index in [1.54, 1.807) is 0 Å². The Kier molecular flexibility index (Phi) is 7.28. The van der Waals surface area contributed by atoms with E-state index < -0.39 is 0 Å². The Balaban J connectivity index is 1.88. The van der Waals surface area contributed by atoms with Gasteiger partial charge in [-0.05, 0) is 61.8 Å². The van der Waals surface area contributed by atoms with Crippen LogP contribution >= 0.6 is 22.9 Å². The zero-order chi connectivity index (χ0) is 21.0. The van der Waals surface area contributed by atoms with Crippen LogP contribution < -0.4 is 4.90 Å². The lowest BCUT2D eigenvalue weighted by atomic mass is 10.0. The Morgan fingerprint density at radius 2 is 1.79 bits per heavy atom. The summed E-state index contributed by atoms with van der Waals surface area (Å²) in [5, 5.41) is 1.42. The molecular weight excluding hydrogens is 402 g/mol. The van der Waals surface area contributed by atoms with E-state index in [1.165, 1.54) is 22.5 Å². The Hall–Kier alpha value is -1.95. The van der Waals surface area contributed by atoms with Gasteiger partial charge in [-0.3, -0.25) is 9.69 Å². The van der Waals surface area contributed by atoms with E-state index in [0.717, 1.165) is 40.5 Å². The first-order chi connectivity index (χ1) is 13.9. The number of rotatable bonds is 8. The van der Waals surface area contributed by atoms with Gasteiger partial charge in [0.05, 0.1) is 16.6 Å². The van der Waals surface area contributed by atoms with Gasteiger partial charge in [0.25, 0.3) is 0 Å². The third kappa shape index (κ3) is 5.35. The molecule has 0 spiro atoms. The molecule has 0 fully saturated rings. The Bertz CT molecular complexity index is 997.